The number of hydrogen-bond donors (Lipinski definition) is 1. The molecule has 0 heterocycles. The summed E-state index contributed by atoms with van der Waals surface area (Å²) in [7, 11) is 0. The number of rotatable bonds is 3. The van der Waals surface area contributed by atoms with E-state index in [2.05, 4.69) is 10.8 Å². The molecule has 0 saturated heterocycles. The molecule has 0 aliphatic heterocycles. The van der Waals surface area contributed by atoms with Crippen LogP contribution in [0.1, 0.15) is 27.7 Å². The van der Waals surface area contributed by atoms with Crippen molar-refractivity contribution in [3.8, 4) is 0 Å². The molecule has 0 aliphatic rings. The molecule has 0 spiro atoms. The van der Waals surface area contributed by atoms with E-state index in [1.54, 1.807) is 5.01 Å². The Morgan fingerprint density at radius 1 is 1.50 bits per heavy atom. The van der Waals surface area contributed by atoms with Crippen LogP contribution in [0.25, 0.3) is 0 Å². The smallest absolute Gasteiger partial charge is 0.0658 e. The average Bonchev–Trinajstić information content (AvgIpc) is 1.80. The molecule has 0 atom stereocenters. The fourth-order valence-corrected chi connectivity index (χ4v) is 0.744. The zero-order chi connectivity index (χ0) is 8.20. The summed E-state index contributed by atoms with van der Waals surface area (Å²) in [5.41, 5.74) is 2.32. The van der Waals surface area contributed by atoms with Gasteiger partial charge in [-0.05, 0) is 20.8 Å². The van der Waals surface area contributed by atoms with Crippen molar-refractivity contribution in [2.24, 2.45) is 5.29 Å². The number of nitrogens with one attached hydrogen (secondary N) is 1. The highest BCUT2D eigenvalue weighted by molar-refractivity contribution is 4.70. The van der Waals surface area contributed by atoms with Crippen LogP contribution in [-0.2, 0) is 0 Å². The van der Waals surface area contributed by atoms with Crippen LogP contribution in [-0.4, -0.2) is 17.1 Å². The SMILES string of the molecule is CCN(NN=O)C(C)(C)C. The van der Waals surface area contributed by atoms with Gasteiger partial charge in [0.05, 0.1) is 5.29 Å². The second-order valence-electron chi connectivity index (χ2n) is 3.11. The zero-order valence-corrected chi connectivity index (χ0v) is 7.01. The first kappa shape index (κ1) is 9.36. The molecule has 0 aromatic heterocycles. The van der Waals surface area contributed by atoms with Gasteiger partial charge in [0.15, 0.2) is 0 Å². The molecule has 0 radical (unpaired) electrons. The van der Waals surface area contributed by atoms with Gasteiger partial charge in [-0.3, -0.25) is 0 Å². The van der Waals surface area contributed by atoms with Gasteiger partial charge in [0.2, 0.25) is 0 Å². The van der Waals surface area contributed by atoms with Gasteiger partial charge in [0.1, 0.15) is 0 Å². The summed E-state index contributed by atoms with van der Waals surface area (Å²) in [6.45, 7) is 8.75. The van der Waals surface area contributed by atoms with Crippen LogP contribution in [0.5, 0.6) is 0 Å². The summed E-state index contributed by atoms with van der Waals surface area (Å²) in [4.78, 5) is 9.82. The van der Waals surface area contributed by atoms with E-state index in [-0.39, 0.29) is 5.54 Å². The molecule has 0 bridgehead atoms. The lowest BCUT2D eigenvalue weighted by atomic mass is 10.1. The summed E-state index contributed by atoms with van der Waals surface area (Å²) >= 11 is 0. The Morgan fingerprint density at radius 3 is 2.10 bits per heavy atom. The Balaban J connectivity index is 3.92. The van der Waals surface area contributed by atoms with Crippen LogP contribution in [0.3, 0.4) is 0 Å². The van der Waals surface area contributed by atoms with Gasteiger partial charge < -0.3 is 0 Å². The molecule has 0 saturated carbocycles. The van der Waals surface area contributed by atoms with E-state index in [9.17, 15) is 4.91 Å². The molecule has 0 aliphatic carbocycles. The largest absolute Gasteiger partial charge is 0.203 e. The predicted molar refractivity (Wildman–Crippen MR) is 41.1 cm³/mol. The molecular formula is C6H15N3O. The molecule has 1 N–H and O–H groups in total. The molecule has 0 rings (SSSR count). The van der Waals surface area contributed by atoms with Crippen LogP contribution in [0.4, 0.5) is 0 Å². The van der Waals surface area contributed by atoms with Crippen molar-refractivity contribution in [3.63, 3.8) is 0 Å². The van der Waals surface area contributed by atoms with E-state index in [4.69, 9.17) is 0 Å². The van der Waals surface area contributed by atoms with Crippen molar-refractivity contribution < 1.29 is 0 Å². The van der Waals surface area contributed by atoms with Crippen LogP contribution >= 0.6 is 0 Å². The van der Waals surface area contributed by atoms with Crippen LogP contribution in [0, 0.1) is 4.91 Å². The molecule has 0 amide bonds. The maximum atomic E-state index is 9.82. The van der Waals surface area contributed by atoms with Crippen molar-refractivity contribution in [2.75, 3.05) is 6.54 Å². The Kier molecular flexibility index (Phi) is 3.28. The topological polar surface area (TPSA) is 44.7 Å². The number of hydrogen-bond acceptors (Lipinski definition) is 3. The first-order chi connectivity index (χ1) is 4.52. The van der Waals surface area contributed by atoms with Crippen molar-refractivity contribution in [2.45, 2.75) is 33.2 Å². The van der Waals surface area contributed by atoms with Gasteiger partial charge in [0.25, 0.3) is 0 Å². The van der Waals surface area contributed by atoms with Crippen LogP contribution in [0.15, 0.2) is 5.29 Å². The third-order valence-electron chi connectivity index (χ3n) is 1.29. The van der Waals surface area contributed by atoms with E-state index in [1.807, 2.05) is 27.7 Å². The normalized spacial score (nSPS) is 11.7. The molecular weight excluding hydrogens is 130 g/mol. The molecule has 0 unspecified atom stereocenters. The fraction of sp³-hybridized carbons (Fsp3) is 1.00. The zero-order valence-electron chi connectivity index (χ0n) is 7.01. The van der Waals surface area contributed by atoms with Crippen molar-refractivity contribution >= 4 is 0 Å². The second kappa shape index (κ2) is 3.51. The third-order valence-corrected chi connectivity index (χ3v) is 1.29. The average molecular weight is 145 g/mol. The van der Waals surface area contributed by atoms with Crippen LogP contribution in [0.2, 0.25) is 0 Å². The maximum absolute atomic E-state index is 9.82. The van der Waals surface area contributed by atoms with Gasteiger partial charge in [-0.15, -0.1) is 4.91 Å². The number of nitrogens with zero attached hydrogens (tertiary/aromatic N) is 2. The minimum Gasteiger partial charge on any atom is -0.203 e. The highest BCUT2D eigenvalue weighted by Gasteiger charge is 2.18. The highest BCUT2D eigenvalue weighted by Crippen LogP contribution is 2.08. The standard InChI is InChI=1S/C6H15N3O/c1-5-9(7-8-10)6(2,3)4/h5H2,1-4H3,(H,7,10). The van der Waals surface area contributed by atoms with Crippen LogP contribution < -0.4 is 5.53 Å². The third kappa shape index (κ3) is 2.77. The maximum Gasteiger partial charge on any atom is 0.0658 e. The Labute approximate surface area is 61.5 Å². The van der Waals surface area contributed by atoms with Gasteiger partial charge in [-0.1, -0.05) is 6.92 Å². The van der Waals surface area contributed by atoms with Crippen molar-refractivity contribution in [1.29, 1.82) is 0 Å². The van der Waals surface area contributed by atoms with Gasteiger partial charge in [0, 0.05) is 12.1 Å². The number of hydrazine groups is 1. The highest BCUT2D eigenvalue weighted by atomic mass is 16.3. The minimum atomic E-state index is -0.0529. The lowest BCUT2D eigenvalue weighted by molar-refractivity contribution is 0.0805. The molecule has 60 valence electrons. The van der Waals surface area contributed by atoms with Gasteiger partial charge >= 0.3 is 0 Å². The summed E-state index contributed by atoms with van der Waals surface area (Å²) in [5, 5.41) is 4.36. The molecule has 4 heteroatoms. The molecule has 0 fully saturated rings. The predicted octanol–water partition coefficient (Wildman–Crippen LogP) is 1.29. The molecule has 4 nitrogen and oxygen atoms in total. The quantitative estimate of drug-likeness (QED) is 0.481. The van der Waals surface area contributed by atoms with Gasteiger partial charge in [-0.25, -0.2) is 5.53 Å². The lowest BCUT2D eigenvalue weighted by Gasteiger charge is -2.31. The molecule has 10 heavy (non-hydrogen) atoms. The van der Waals surface area contributed by atoms with E-state index in [1.165, 1.54) is 0 Å². The second-order valence-corrected chi connectivity index (χ2v) is 3.11. The summed E-state index contributed by atoms with van der Waals surface area (Å²) in [5.74, 6) is 0. The van der Waals surface area contributed by atoms with Crippen molar-refractivity contribution in [3.05, 3.63) is 4.91 Å². The van der Waals surface area contributed by atoms with E-state index in [0.717, 1.165) is 6.54 Å². The fourth-order valence-electron chi connectivity index (χ4n) is 0.744. The first-order valence-electron chi connectivity index (χ1n) is 3.38. The van der Waals surface area contributed by atoms with Gasteiger partial charge in [-0.2, -0.15) is 5.01 Å². The summed E-state index contributed by atoms with van der Waals surface area (Å²) in [6, 6.07) is 0. The van der Waals surface area contributed by atoms with E-state index < -0.39 is 0 Å². The minimum absolute atomic E-state index is 0.0529. The van der Waals surface area contributed by atoms with Crippen molar-refractivity contribution in [1.82, 2.24) is 10.5 Å². The van der Waals surface area contributed by atoms with E-state index >= 15 is 0 Å². The first-order valence-corrected chi connectivity index (χ1v) is 3.38. The molecule has 0 aromatic carbocycles. The molecule has 0 aromatic rings. The monoisotopic (exact) mass is 145 g/mol. The summed E-state index contributed by atoms with van der Waals surface area (Å²) < 4.78 is 0. The Morgan fingerprint density at radius 2 is 2.00 bits per heavy atom. The lowest BCUT2D eigenvalue weighted by Crippen LogP contribution is -2.47. The number of nitroso groups, excluding NO2 is 1. The Bertz CT molecular complexity index is 108. The van der Waals surface area contributed by atoms with E-state index in [0.29, 0.717) is 0 Å². The Hall–Kier alpha value is -0.640. The summed E-state index contributed by atoms with van der Waals surface area (Å²) in [6.07, 6.45) is 0.